The number of aryl methyl sites for hydroxylation is 1. The molecule has 240 valence electrons. The average molecular weight is 642 g/mol. The predicted octanol–water partition coefficient (Wildman–Crippen LogP) is 11.5. The lowest BCUT2D eigenvalue weighted by molar-refractivity contribution is -0.136. The van der Waals surface area contributed by atoms with Gasteiger partial charge >= 0.3 is 5.97 Å². The Morgan fingerprint density at radius 2 is 1.62 bits per heavy atom. The van der Waals surface area contributed by atoms with Crippen molar-refractivity contribution in [3.8, 4) is 0 Å². The number of anilines is 1. The van der Waals surface area contributed by atoms with Crippen molar-refractivity contribution in [1.29, 1.82) is 0 Å². The summed E-state index contributed by atoms with van der Waals surface area (Å²) in [6, 6.07) is 25.7. The molecule has 1 N–H and O–H groups in total. The third kappa shape index (κ3) is 5.98. The number of rotatable bonds is 8. The van der Waals surface area contributed by atoms with Gasteiger partial charge in [-0.2, -0.15) is 0 Å². The molecule has 47 heavy (non-hydrogen) atoms. The van der Waals surface area contributed by atoms with Crippen LogP contribution in [0.2, 0.25) is 0 Å². The minimum Gasteiger partial charge on any atom is -0.481 e. The zero-order valence-corrected chi connectivity index (χ0v) is 28.9. The van der Waals surface area contributed by atoms with E-state index in [1.807, 2.05) is 0 Å². The monoisotopic (exact) mass is 641 g/mol. The van der Waals surface area contributed by atoms with E-state index < -0.39 is 5.97 Å². The quantitative estimate of drug-likeness (QED) is 0.195. The van der Waals surface area contributed by atoms with Crippen LogP contribution >= 0.6 is 11.6 Å². The first-order valence-electron chi connectivity index (χ1n) is 16.6. The second-order valence-corrected chi connectivity index (χ2v) is 14.4. The Balaban J connectivity index is 1.33. The van der Waals surface area contributed by atoms with Crippen molar-refractivity contribution in [3.05, 3.63) is 148 Å². The number of fused-ring (bicyclic) bond motifs is 4. The lowest BCUT2D eigenvalue weighted by atomic mass is 9.74. The molecule has 4 heteroatoms. The maximum absolute atomic E-state index is 11.7. The van der Waals surface area contributed by atoms with Crippen LogP contribution in [0.15, 0.2) is 131 Å². The number of nitrogens with zero attached hydrogens (tertiary/aromatic N) is 1. The van der Waals surface area contributed by atoms with Crippen LogP contribution in [0.5, 0.6) is 0 Å². The van der Waals surface area contributed by atoms with Gasteiger partial charge in [-0.1, -0.05) is 131 Å². The summed E-state index contributed by atoms with van der Waals surface area (Å²) in [6.07, 6.45) is 11.5. The third-order valence-corrected chi connectivity index (χ3v) is 10.7. The molecule has 0 spiro atoms. The fourth-order valence-corrected chi connectivity index (χ4v) is 7.97. The maximum Gasteiger partial charge on any atom is 0.305 e. The van der Waals surface area contributed by atoms with Gasteiger partial charge in [0.25, 0.3) is 0 Å². The topological polar surface area (TPSA) is 40.5 Å². The van der Waals surface area contributed by atoms with Crippen LogP contribution in [0, 0.1) is 6.92 Å². The van der Waals surface area contributed by atoms with Crippen LogP contribution in [0.1, 0.15) is 70.1 Å². The van der Waals surface area contributed by atoms with E-state index in [0.717, 1.165) is 52.4 Å². The number of carboxylic acid groups (broad SMARTS) is 1. The van der Waals surface area contributed by atoms with Crippen molar-refractivity contribution in [2.75, 3.05) is 11.4 Å². The number of benzene rings is 4. The first-order chi connectivity index (χ1) is 22.4. The standard InChI is InChI=1S/C43H44ClNO2/c1-28-18-20-30-12-7-9-16-34(30)39(28)42(3,4)29(2)19-21-32-14-11-15-33(41(32)44)23-25-37-43(5,6)40-35-17-10-8-13-31(35)22-24-36(40)45(37)27-26-38(46)47/h7-10,12-13,16-25H,2,11,14-15,26-27H2,1,3-6H3,(H,46,47)/b21-19+,33-23+,37-25+. The van der Waals surface area contributed by atoms with E-state index in [0.29, 0.717) is 6.54 Å². The fraction of sp³-hybridized carbons (Fsp3) is 0.279. The van der Waals surface area contributed by atoms with Crippen LogP contribution < -0.4 is 4.90 Å². The van der Waals surface area contributed by atoms with Gasteiger partial charge < -0.3 is 10.0 Å². The predicted molar refractivity (Wildman–Crippen MR) is 199 cm³/mol. The highest BCUT2D eigenvalue weighted by molar-refractivity contribution is 6.32. The van der Waals surface area contributed by atoms with Gasteiger partial charge in [0, 0.05) is 33.8 Å². The highest BCUT2D eigenvalue weighted by atomic mass is 35.5. The average Bonchev–Trinajstić information content (AvgIpc) is 3.27. The molecule has 0 amide bonds. The molecule has 0 saturated carbocycles. The van der Waals surface area contributed by atoms with Crippen molar-refractivity contribution in [1.82, 2.24) is 0 Å². The smallest absolute Gasteiger partial charge is 0.305 e. The molecular weight excluding hydrogens is 598 g/mol. The minimum atomic E-state index is -0.801. The zero-order chi connectivity index (χ0) is 33.5. The Kier molecular flexibility index (Phi) is 8.80. The largest absolute Gasteiger partial charge is 0.481 e. The number of hydrogen-bond acceptors (Lipinski definition) is 2. The van der Waals surface area contributed by atoms with Crippen LogP contribution in [0.4, 0.5) is 5.69 Å². The van der Waals surface area contributed by atoms with Gasteiger partial charge in [-0.05, 0) is 93.3 Å². The third-order valence-electron chi connectivity index (χ3n) is 10.3. The van der Waals surface area contributed by atoms with Crippen LogP contribution in [0.25, 0.3) is 21.5 Å². The van der Waals surface area contributed by atoms with Crippen molar-refractivity contribution in [2.45, 2.75) is 71.1 Å². The van der Waals surface area contributed by atoms with Gasteiger partial charge in [0.15, 0.2) is 0 Å². The molecule has 3 nitrogen and oxygen atoms in total. The van der Waals surface area contributed by atoms with Crippen molar-refractivity contribution < 1.29 is 9.90 Å². The molecule has 0 aromatic heterocycles. The Hall–Kier alpha value is -4.34. The van der Waals surface area contributed by atoms with Crippen molar-refractivity contribution >= 4 is 44.8 Å². The molecular formula is C43H44ClNO2. The summed E-state index contributed by atoms with van der Waals surface area (Å²) in [5.74, 6) is -0.801. The van der Waals surface area contributed by atoms with Crippen LogP contribution in [0.3, 0.4) is 0 Å². The van der Waals surface area contributed by atoms with E-state index in [4.69, 9.17) is 11.6 Å². The van der Waals surface area contributed by atoms with E-state index in [1.54, 1.807) is 0 Å². The van der Waals surface area contributed by atoms with Crippen molar-refractivity contribution in [2.24, 2.45) is 0 Å². The summed E-state index contributed by atoms with van der Waals surface area (Å²) in [5, 5.41) is 15.3. The molecule has 6 rings (SSSR count). The van der Waals surface area contributed by atoms with Gasteiger partial charge in [0.2, 0.25) is 0 Å². The van der Waals surface area contributed by atoms with E-state index in [1.165, 1.54) is 38.2 Å². The maximum atomic E-state index is 11.7. The lowest BCUT2D eigenvalue weighted by Gasteiger charge is -2.30. The van der Waals surface area contributed by atoms with Gasteiger partial charge in [-0.25, -0.2) is 0 Å². The molecule has 0 fully saturated rings. The second kappa shape index (κ2) is 12.7. The van der Waals surface area contributed by atoms with Gasteiger partial charge in [0.1, 0.15) is 0 Å². The molecule has 4 aromatic carbocycles. The van der Waals surface area contributed by atoms with Gasteiger partial charge in [0.05, 0.1) is 6.42 Å². The van der Waals surface area contributed by atoms with Crippen LogP contribution in [-0.4, -0.2) is 17.6 Å². The first kappa shape index (κ1) is 32.6. The van der Waals surface area contributed by atoms with Crippen LogP contribution in [-0.2, 0) is 15.6 Å². The number of carboxylic acids is 1. The van der Waals surface area contributed by atoms with E-state index in [9.17, 15) is 9.90 Å². The summed E-state index contributed by atoms with van der Waals surface area (Å²) < 4.78 is 0. The highest BCUT2D eigenvalue weighted by Crippen LogP contribution is 2.51. The highest BCUT2D eigenvalue weighted by Gasteiger charge is 2.41. The number of hydrogen-bond donors (Lipinski definition) is 1. The summed E-state index contributed by atoms with van der Waals surface area (Å²) >= 11 is 7.14. The summed E-state index contributed by atoms with van der Waals surface area (Å²) in [4.78, 5) is 13.9. The van der Waals surface area contributed by atoms with Crippen molar-refractivity contribution in [3.63, 3.8) is 0 Å². The number of allylic oxidation sites excluding steroid dienone is 9. The number of carbonyl (C=O) groups is 1. The fourth-order valence-electron chi connectivity index (χ4n) is 7.65. The Morgan fingerprint density at radius 3 is 2.34 bits per heavy atom. The molecule has 0 saturated heterocycles. The van der Waals surface area contributed by atoms with E-state index in [-0.39, 0.29) is 17.3 Å². The zero-order valence-electron chi connectivity index (χ0n) is 28.2. The Bertz CT molecular complexity index is 2040. The summed E-state index contributed by atoms with van der Waals surface area (Å²) in [7, 11) is 0. The molecule has 1 aliphatic heterocycles. The second-order valence-electron chi connectivity index (χ2n) is 14.0. The molecule has 0 radical (unpaired) electrons. The molecule has 4 aromatic rings. The van der Waals surface area contributed by atoms with Gasteiger partial charge in [-0.3, -0.25) is 4.79 Å². The molecule has 1 aliphatic carbocycles. The molecule has 0 unspecified atom stereocenters. The molecule has 1 heterocycles. The Labute approximate surface area is 284 Å². The lowest BCUT2D eigenvalue weighted by Crippen LogP contribution is -2.28. The van der Waals surface area contributed by atoms with Gasteiger partial charge in [-0.15, -0.1) is 0 Å². The van der Waals surface area contributed by atoms with E-state index >= 15 is 0 Å². The summed E-state index contributed by atoms with van der Waals surface area (Å²) in [6.45, 7) is 16.1. The normalized spacial score (nSPS) is 18.2. The number of halogens is 1. The molecule has 0 atom stereocenters. The summed E-state index contributed by atoms with van der Waals surface area (Å²) in [5.41, 5.74) is 8.66. The number of aliphatic carboxylic acids is 1. The minimum absolute atomic E-state index is 0.0599. The Morgan fingerprint density at radius 1 is 0.957 bits per heavy atom. The molecule has 2 aliphatic rings. The first-order valence-corrected chi connectivity index (χ1v) is 17.0. The SMILES string of the molecule is C=C(/C=C/C1=C(Cl)C(=C/C=C2/N(CCC(=O)O)c3ccc4ccccc4c3C2(C)C)/CCC1)C(C)(C)c1c(C)ccc2ccccc12. The van der Waals surface area contributed by atoms with E-state index in [2.05, 4.69) is 143 Å². The molecule has 0 bridgehead atoms.